The van der Waals surface area contributed by atoms with E-state index < -0.39 is 29.5 Å². The van der Waals surface area contributed by atoms with E-state index in [4.69, 9.17) is 9.47 Å². The number of amides is 4. The molecule has 13 nitrogen and oxygen atoms in total. The van der Waals surface area contributed by atoms with Gasteiger partial charge in [-0.2, -0.15) is 5.10 Å². The van der Waals surface area contributed by atoms with Crippen molar-refractivity contribution in [3.63, 3.8) is 0 Å². The molecule has 0 bridgehead atoms. The molecule has 1 aromatic heterocycles. The second kappa shape index (κ2) is 18.8. The smallest absolute Gasteiger partial charge is 0.410 e. The number of unbranched alkanes of at least 4 members (excludes halogenated alkanes) is 2. The van der Waals surface area contributed by atoms with Crippen molar-refractivity contribution < 1.29 is 33.0 Å². The predicted octanol–water partition coefficient (Wildman–Crippen LogP) is 6.88. The summed E-state index contributed by atoms with van der Waals surface area (Å²) in [5.74, 6) is -1.59. The first-order valence-corrected chi connectivity index (χ1v) is 20.7. The highest BCUT2D eigenvalue weighted by molar-refractivity contribution is 5.95. The number of rotatable bonds is 13. The van der Waals surface area contributed by atoms with E-state index in [1.165, 1.54) is 21.9 Å². The third-order valence-electron chi connectivity index (χ3n) is 11.0. The quantitative estimate of drug-likeness (QED) is 0.122. The third kappa shape index (κ3) is 10.2. The molecular formula is C47H51FN6O7. The number of nitrogens with zero attached hydrogens (tertiary/aromatic N) is 4. The molecule has 2 N–H and O–H groups in total. The van der Waals surface area contributed by atoms with Gasteiger partial charge in [-0.15, -0.1) is 0 Å². The standard InChI is InChI=1S/C47H51FN6O7/c1-47(2,3)61-45(58)49-21-11-4-12-22-54(46(59)60-30-39-34-15-7-5-13-32(34)33-14-6-8-16-35(33)39)29-42(55)52-23-25-53(26-24-52)44(57)38-27-31(19-20-40(38)48)28-41-36-17-9-10-18-37(36)43(56)51-50-41/h5-10,13-20,27,39H,4,11-12,21-26,28-30H2,1-3H3,(H,49,58)(H,51,56). The number of ether oxygens (including phenoxy) is 2. The molecule has 0 atom stereocenters. The molecule has 5 aromatic rings. The Morgan fingerprint density at radius 1 is 0.836 bits per heavy atom. The van der Waals surface area contributed by atoms with E-state index in [2.05, 4.69) is 27.6 Å². The molecule has 0 spiro atoms. The van der Waals surface area contributed by atoms with Gasteiger partial charge in [-0.1, -0.05) is 72.8 Å². The number of hydrogen-bond acceptors (Lipinski definition) is 8. The van der Waals surface area contributed by atoms with Crippen molar-refractivity contribution in [3.8, 4) is 11.1 Å². The minimum absolute atomic E-state index is 0.0891. The normalized spacial score (nSPS) is 13.7. The second-order valence-electron chi connectivity index (χ2n) is 16.4. The first-order valence-electron chi connectivity index (χ1n) is 20.7. The van der Waals surface area contributed by atoms with Crippen LogP contribution in [0.15, 0.2) is 95.8 Å². The number of hydrogen-bond donors (Lipinski definition) is 2. The topological polar surface area (TPSA) is 154 Å². The van der Waals surface area contributed by atoms with Crippen molar-refractivity contribution in [3.05, 3.63) is 135 Å². The summed E-state index contributed by atoms with van der Waals surface area (Å²) in [7, 11) is 0. The van der Waals surface area contributed by atoms with Gasteiger partial charge in [0.05, 0.1) is 16.6 Å². The Labute approximate surface area is 353 Å². The number of halogens is 1. The largest absolute Gasteiger partial charge is 0.448 e. The zero-order chi connectivity index (χ0) is 43.1. The van der Waals surface area contributed by atoms with E-state index in [0.29, 0.717) is 47.8 Å². The van der Waals surface area contributed by atoms with Gasteiger partial charge in [0.15, 0.2) is 0 Å². The van der Waals surface area contributed by atoms with Crippen LogP contribution in [0.1, 0.15) is 78.7 Å². The van der Waals surface area contributed by atoms with Crippen LogP contribution in [-0.2, 0) is 20.7 Å². The Hall–Kier alpha value is -6.57. The molecule has 0 saturated carbocycles. The summed E-state index contributed by atoms with van der Waals surface area (Å²) < 4.78 is 26.4. The van der Waals surface area contributed by atoms with Gasteiger partial charge in [-0.05, 0) is 86.1 Å². The minimum atomic E-state index is -0.661. The van der Waals surface area contributed by atoms with Gasteiger partial charge >= 0.3 is 12.2 Å². The van der Waals surface area contributed by atoms with Gasteiger partial charge in [0.25, 0.3) is 11.5 Å². The Bertz CT molecular complexity index is 2430. The molecule has 318 valence electrons. The zero-order valence-corrected chi connectivity index (χ0v) is 34.7. The number of fused-ring (bicyclic) bond motifs is 4. The predicted molar refractivity (Wildman–Crippen MR) is 229 cm³/mol. The number of nitrogens with one attached hydrogen (secondary N) is 2. The molecule has 61 heavy (non-hydrogen) atoms. The van der Waals surface area contributed by atoms with Crippen LogP contribution in [0, 0.1) is 5.82 Å². The van der Waals surface area contributed by atoms with Gasteiger partial charge < -0.3 is 24.6 Å². The molecule has 7 rings (SSSR count). The van der Waals surface area contributed by atoms with E-state index in [1.54, 1.807) is 49.9 Å². The lowest BCUT2D eigenvalue weighted by atomic mass is 9.98. The molecule has 1 aliphatic carbocycles. The fraction of sp³-hybridized carbons (Fsp3) is 0.362. The summed E-state index contributed by atoms with van der Waals surface area (Å²) in [6.45, 7) is 6.70. The fourth-order valence-corrected chi connectivity index (χ4v) is 7.97. The second-order valence-corrected chi connectivity index (χ2v) is 16.4. The van der Waals surface area contributed by atoms with Crippen LogP contribution in [0.2, 0.25) is 0 Å². The van der Waals surface area contributed by atoms with Gasteiger partial charge in [0.2, 0.25) is 5.91 Å². The summed E-state index contributed by atoms with van der Waals surface area (Å²) in [5, 5.41) is 10.6. The van der Waals surface area contributed by atoms with Crippen LogP contribution < -0.4 is 10.9 Å². The van der Waals surface area contributed by atoms with E-state index in [9.17, 15) is 24.0 Å². The summed E-state index contributed by atoms with van der Waals surface area (Å²) in [6, 6.07) is 27.6. The Balaban J connectivity index is 0.964. The highest BCUT2D eigenvalue weighted by Gasteiger charge is 2.32. The Morgan fingerprint density at radius 2 is 1.48 bits per heavy atom. The number of aromatic nitrogens is 2. The van der Waals surface area contributed by atoms with Crippen LogP contribution in [0.25, 0.3) is 21.9 Å². The maximum absolute atomic E-state index is 15.2. The molecular weight excluding hydrogens is 780 g/mol. The Kier molecular flexibility index (Phi) is 13.1. The maximum Gasteiger partial charge on any atom is 0.410 e. The van der Waals surface area contributed by atoms with E-state index in [0.717, 1.165) is 22.3 Å². The lowest BCUT2D eigenvalue weighted by Gasteiger charge is -2.36. The number of benzene rings is 4. The highest BCUT2D eigenvalue weighted by Crippen LogP contribution is 2.44. The lowest BCUT2D eigenvalue weighted by molar-refractivity contribution is -0.133. The number of H-pyrrole nitrogens is 1. The third-order valence-corrected chi connectivity index (χ3v) is 11.0. The molecule has 1 saturated heterocycles. The van der Waals surface area contributed by atoms with Crippen LogP contribution >= 0.6 is 0 Å². The monoisotopic (exact) mass is 830 g/mol. The SMILES string of the molecule is CC(C)(C)OC(=O)NCCCCCN(CC(=O)N1CCN(C(=O)c2cc(Cc3n[nH]c(=O)c4ccccc34)ccc2F)CC1)C(=O)OCC1c2ccccc2-c2ccccc21. The van der Waals surface area contributed by atoms with Crippen LogP contribution in [0.3, 0.4) is 0 Å². The summed E-state index contributed by atoms with van der Waals surface area (Å²) in [4.78, 5) is 70.1. The first-order chi connectivity index (χ1) is 29.4. The van der Waals surface area contributed by atoms with Gasteiger partial charge in [-0.3, -0.25) is 19.3 Å². The van der Waals surface area contributed by atoms with Crippen LogP contribution in [0.5, 0.6) is 0 Å². The number of carbonyl (C=O) groups is 4. The van der Waals surface area contributed by atoms with E-state index in [1.807, 2.05) is 42.5 Å². The van der Waals surface area contributed by atoms with Gasteiger partial charge in [0, 0.05) is 57.0 Å². The lowest BCUT2D eigenvalue weighted by Crippen LogP contribution is -2.53. The average molecular weight is 831 g/mol. The fourth-order valence-electron chi connectivity index (χ4n) is 7.97. The maximum atomic E-state index is 15.2. The number of piperazine rings is 1. The van der Waals surface area contributed by atoms with E-state index >= 15 is 4.39 Å². The molecule has 2 aliphatic rings. The summed E-state index contributed by atoms with van der Waals surface area (Å²) >= 11 is 0. The van der Waals surface area contributed by atoms with Crippen molar-refractivity contribution in [2.24, 2.45) is 0 Å². The molecule has 2 heterocycles. The van der Waals surface area contributed by atoms with Crippen molar-refractivity contribution in [1.29, 1.82) is 0 Å². The molecule has 4 aromatic carbocycles. The molecule has 4 amide bonds. The number of aromatic amines is 1. The van der Waals surface area contributed by atoms with Crippen molar-refractivity contribution >= 4 is 34.8 Å². The van der Waals surface area contributed by atoms with Crippen molar-refractivity contribution in [1.82, 2.24) is 30.2 Å². The highest BCUT2D eigenvalue weighted by atomic mass is 19.1. The summed E-state index contributed by atoms with van der Waals surface area (Å²) in [5.41, 5.74) is 4.61. The molecule has 1 fully saturated rings. The van der Waals surface area contributed by atoms with Crippen molar-refractivity contribution in [2.75, 3.05) is 52.4 Å². The minimum Gasteiger partial charge on any atom is -0.448 e. The van der Waals surface area contributed by atoms with E-state index in [-0.39, 0.29) is 75.2 Å². The summed E-state index contributed by atoms with van der Waals surface area (Å²) in [6.07, 6.45) is 1.06. The van der Waals surface area contributed by atoms with Crippen LogP contribution in [-0.4, -0.2) is 107 Å². The molecule has 0 radical (unpaired) electrons. The molecule has 1 aliphatic heterocycles. The molecule has 14 heteroatoms. The van der Waals surface area contributed by atoms with Gasteiger partial charge in [0.1, 0.15) is 24.6 Å². The Morgan fingerprint density at radius 3 is 2.16 bits per heavy atom. The first kappa shape index (κ1) is 42.6. The number of carbonyl (C=O) groups excluding carboxylic acids is 4. The number of alkyl carbamates (subject to hydrolysis) is 1. The van der Waals surface area contributed by atoms with Gasteiger partial charge in [-0.25, -0.2) is 19.1 Å². The van der Waals surface area contributed by atoms with Crippen molar-refractivity contribution in [2.45, 2.75) is 58.0 Å². The van der Waals surface area contributed by atoms with Crippen LogP contribution in [0.4, 0.5) is 14.0 Å². The zero-order valence-electron chi connectivity index (χ0n) is 34.7. The molecule has 0 unspecified atom stereocenters. The average Bonchev–Trinajstić information content (AvgIpc) is 3.57.